The Morgan fingerprint density at radius 2 is 1.88 bits per heavy atom. The summed E-state index contributed by atoms with van der Waals surface area (Å²) in [5.74, 6) is 0. The molecular formula is C14H29NO. The van der Waals surface area contributed by atoms with Crippen molar-refractivity contribution in [2.75, 3.05) is 20.2 Å². The largest absolute Gasteiger partial charge is 0.396 e. The summed E-state index contributed by atoms with van der Waals surface area (Å²) < 4.78 is 0. The van der Waals surface area contributed by atoms with Crippen LogP contribution in [0.2, 0.25) is 0 Å². The number of hydrogen-bond donors (Lipinski definition) is 1. The molecule has 0 amide bonds. The van der Waals surface area contributed by atoms with Crippen LogP contribution >= 0.6 is 0 Å². The van der Waals surface area contributed by atoms with Gasteiger partial charge in [0.25, 0.3) is 0 Å². The summed E-state index contributed by atoms with van der Waals surface area (Å²) in [6, 6.07) is 0.761. The van der Waals surface area contributed by atoms with Crippen LogP contribution in [0.3, 0.4) is 0 Å². The van der Waals surface area contributed by atoms with Gasteiger partial charge in [0.15, 0.2) is 0 Å². The fourth-order valence-electron chi connectivity index (χ4n) is 3.06. The first kappa shape index (κ1) is 14.0. The van der Waals surface area contributed by atoms with E-state index in [-0.39, 0.29) is 5.41 Å². The molecule has 0 radical (unpaired) electrons. The van der Waals surface area contributed by atoms with E-state index in [1.807, 2.05) is 0 Å². The zero-order valence-electron chi connectivity index (χ0n) is 11.3. The molecule has 1 saturated carbocycles. The molecule has 1 aliphatic rings. The van der Waals surface area contributed by atoms with Gasteiger partial charge in [-0.05, 0) is 26.3 Å². The van der Waals surface area contributed by atoms with Gasteiger partial charge in [-0.25, -0.2) is 0 Å². The molecule has 1 rings (SSSR count). The lowest BCUT2D eigenvalue weighted by Crippen LogP contribution is -2.42. The number of aliphatic hydroxyl groups is 1. The molecular weight excluding hydrogens is 198 g/mol. The third kappa shape index (κ3) is 4.06. The normalized spacial score (nSPS) is 22.3. The average Bonchev–Trinajstić information content (AvgIpc) is 2.30. The van der Waals surface area contributed by atoms with Crippen molar-refractivity contribution in [3.05, 3.63) is 0 Å². The Kier molecular flexibility index (Phi) is 5.77. The van der Waals surface area contributed by atoms with Gasteiger partial charge >= 0.3 is 0 Å². The predicted octanol–water partition coefficient (Wildman–Crippen LogP) is 3.05. The molecule has 1 unspecified atom stereocenters. The third-order valence-electron chi connectivity index (χ3n) is 4.06. The van der Waals surface area contributed by atoms with Crippen LogP contribution in [0.1, 0.15) is 58.8 Å². The minimum Gasteiger partial charge on any atom is -0.396 e. The van der Waals surface area contributed by atoms with Gasteiger partial charge in [0, 0.05) is 24.6 Å². The molecule has 0 spiro atoms. The van der Waals surface area contributed by atoms with Crippen molar-refractivity contribution in [3.8, 4) is 0 Å². The molecule has 1 fully saturated rings. The van der Waals surface area contributed by atoms with Gasteiger partial charge in [0.2, 0.25) is 0 Å². The zero-order chi connectivity index (χ0) is 12.0. The van der Waals surface area contributed by atoms with Gasteiger partial charge in [0.1, 0.15) is 0 Å². The van der Waals surface area contributed by atoms with E-state index < -0.39 is 0 Å². The smallest absolute Gasteiger partial charge is 0.0497 e. The second-order valence-corrected chi connectivity index (χ2v) is 5.93. The zero-order valence-corrected chi connectivity index (χ0v) is 11.3. The van der Waals surface area contributed by atoms with E-state index in [1.54, 1.807) is 0 Å². The third-order valence-corrected chi connectivity index (χ3v) is 4.06. The minimum atomic E-state index is 0.0982. The fourth-order valence-corrected chi connectivity index (χ4v) is 3.06. The van der Waals surface area contributed by atoms with Crippen LogP contribution in [-0.2, 0) is 0 Å². The fraction of sp³-hybridized carbons (Fsp3) is 1.00. The number of aliphatic hydroxyl groups excluding tert-OH is 1. The average molecular weight is 227 g/mol. The molecule has 16 heavy (non-hydrogen) atoms. The van der Waals surface area contributed by atoms with Crippen molar-refractivity contribution in [2.24, 2.45) is 5.41 Å². The summed E-state index contributed by atoms with van der Waals surface area (Å²) in [6.45, 7) is 5.78. The maximum Gasteiger partial charge on any atom is 0.0497 e. The Morgan fingerprint density at radius 1 is 1.25 bits per heavy atom. The molecule has 0 aromatic rings. The van der Waals surface area contributed by atoms with E-state index in [0.717, 1.165) is 25.4 Å². The number of rotatable bonds is 6. The lowest BCUT2D eigenvalue weighted by Gasteiger charge is -2.38. The van der Waals surface area contributed by atoms with Crippen LogP contribution in [0.4, 0.5) is 0 Å². The topological polar surface area (TPSA) is 23.5 Å². The Bertz CT molecular complexity index is 189. The summed E-state index contributed by atoms with van der Waals surface area (Å²) >= 11 is 0. The van der Waals surface area contributed by atoms with Gasteiger partial charge in [-0.3, -0.25) is 0 Å². The molecule has 0 bridgehead atoms. The lowest BCUT2D eigenvalue weighted by atomic mass is 9.84. The second-order valence-electron chi connectivity index (χ2n) is 5.93. The monoisotopic (exact) mass is 227 g/mol. The van der Waals surface area contributed by atoms with E-state index in [1.165, 1.54) is 32.1 Å². The van der Waals surface area contributed by atoms with Gasteiger partial charge in [0.05, 0.1) is 0 Å². The van der Waals surface area contributed by atoms with E-state index >= 15 is 0 Å². The highest BCUT2D eigenvalue weighted by Gasteiger charge is 2.27. The van der Waals surface area contributed by atoms with Gasteiger partial charge in [-0.1, -0.05) is 39.5 Å². The quantitative estimate of drug-likeness (QED) is 0.754. The standard InChI is InChI=1S/C14H29NO/c1-4-10-14(2,12-16)11-15(3)13-8-6-5-7-9-13/h13,16H,4-12H2,1-3H3. The van der Waals surface area contributed by atoms with Crippen molar-refractivity contribution in [2.45, 2.75) is 64.8 Å². The summed E-state index contributed by atoms with van der Waals surface area (Å²) in [5.41, 5.74) is 0.0982. The van der Waals surface area contributed by atoms with Crippen LogP contribution in [-0.4, -0.2) is 36.2 Å². The molecule has 0 aromatic carbocycles. The van der Waals surface area contributed by atoms with Crippen LogP contribution in [0, 0.1) is 5.41 Å². The van der Waals surface area contributed by atoms with Crippen molar-refractivity contribution < 1.29 is 5.11 Å². The maximum absolute atomic E-state index is 9.54. The number of hydrogen-bond acceptors (Lipinski definition) is 2. The van der Waals surface area contributed by atoms with Gasteiger partial charge < -0.3 is 10.0 Å². The highest BCUT2D eigenvalue weighted by molar-refractivity contribution is 4.81. The van der Waals surface area contributed by atoms with Crippen molar-refractivity contribution in [1.82, 2.24) is 4.90 Å². The van der Waals surface area contributed by atoms with Crippen LogP contribution in [0.5, 0.6) is 0 Å². The van der Waals surface area contributed by atoms with Crippen molar-refractivity contribution in [1.29, 1.82) is 0 Å². The first-order valence-electron chi connectivity index (χ1n) is 6.92. The van der Waals surface area contributed by atoms with Crippen molar-refractivity contribution in [3.63, 3.8) is 0 Å². The molecule has 2 nitrogen and oxygen atoms in total. The Balaban J connectivity index is 2.43. The molecule has 1 atom stereocenters. The Morgan fingerprint density at radius 3 is 2.38 bits per heavy atom. The summed E-state index contributed by atoms with van der Waals surface area (Å²) in [4.78, 5) is 2.49. The Hall–Kier alpha value is -0.0800. The molecule has 1 N–H and O–H groups in total. The first-order chi connectivity index (χ1) is 7.61. The molecule has 0 aromatic heterocycles. The van der Waals surface area contributed by atoms with E-state index in [9.17, 15) is 5.11 Å². The van der Waals surface area contributed by atoms with Crippen LogP contribution in [0.25, 0.3) is 0 Å². The molecule has 1 aliphatic carbocycles. The van der Waals surface area contributed by atoms with Crippen LogP contribution < -0.4 is 0 Å². The molecule has 2 heteroatoms. The van der Waals surface area contributed by atoms with Gasteiger partial charge in [-0.15, -0.1) is 0 Å². The lowest BCUT2D eigenvalue weighted by molar-refractivity contribution is 0.0639. The number of nitrogens with zero attached hydrogens (tertiary/aromatic N) is 1. The maximum atomic E-state index is 9.54. The van der Waals surface area contributed by atoms with E-state index in [2.05, 4.69) is 25.8 Å². The van der Waals surface area contributed by atoms with E-state index in [4.69, 9.17) is 0 Å². The SMILES string of the molecule is CCCC(C)(CO)CN(C)C1CCCCC1. The molecule has 96 valence electrons. The molecule has 0 aliphatic heterocycles. The first-order valence-corrected chi connectivity index (χ1v) is 6.92. The van der Waals surface area contributed by atoms with Crippen molar-refractivity contribution >= 4 is 0 Å². The molecule has 0 saturated heterocycles. The predicted molar refractivity (Wildman–Crippen MR) is 69.6 cm³/mol. The summed E-state index contributed by atoms with van der Waals surface area (Å²) in [6.07, 6.45) is 9.18. The van der Waals surface area contributed by atoms with Crippen LogP contribution in [0.15, 0.2) is 0 Å². The van der Waals surface area contributed by atoms with E-state index in [0.29, 0.717) is 6.61 Å². The highest BCUT2D eigenvalue weighted by atomic mass is 16.3. The summed E-state index contributed by atoms with van der Waals surface area (Å²) in [5, 5.41) is 9.54. The van der Waals surface area contributed by atoms with Gasteiger partial charge in [-0.2, -0.15) is 0 Å². The second kappa shape index (κ2) is 6.61. The summed E-state index contributed by atoms with van der Waals surface area (Å²) in [7, 11) is 2.24. The minimum absolute atomic E-state index is 0.0982. The highest BCUT2D eigenvalue weighted by Crippen LogP contribution is 2.28. The molecule has 0 heterocycles. The Labute approximate surface area is 101 Å².